The molecule has 0 bridgehead atoms. The zero-order valence-electron chi connectivity index (χ0n) is 15.1. The summed E-state index contributed by atoms with van der Waals surface area (Å²) in [6.07, 6.45) is 0.483. The lowest BCUT2D eigenvalue weighted by atomic mass is 9.89. The van der Waals surface area contributed by atoms with Gasteiger partial charge in [-0.25, -0.2) is 14.8 Å². The van der Waals surface area contributed by atoms with Crippen LogP contribution in [0.5, 0.6) is 5.75 Å². The molecule has 1 heterocycles. The smallest absolute Gasteiger partial charge is 0.406 e. The van der Waals surface area contributed by atoms with E-state index in [0.29, 0.717) is 18.2 Å². The number of benzene rings is 1. The number of carbonyl (C=O) groups is 1. The Bertz CT molecular complexity index is 794. The molecule has 0 spiro atoms. The molecular formula is C19H21F3N4O2. The van der Waals surface area contributed by atoms with Crippen LogP contribution >= 0.6 is 0 Å². The Kier molecular flexibility index (Phi) is 6.33. The van der Waals surface area contributed by atoms with E-state index in [1.807, 2.05) is 0 Å². The SMILES string of the molecule is O=C(NCC1CCCCC1)Oc1cnc(Nc2ccccc2)nc1C(F)(F)F. The Hall–Kier alpha value is -2.84. The van der Waals surface area contributed by atoms with Crippen molar-refractivity contribution >= 4 is 17.7 Å². The summed E-state index contributed by atoms with van der Waals surface area (Å²) in [5, 5.41) is 5.22. The average molecular weight is 394 g/mol. The number of nitrogens with one attached hydrogen (secondary N) is 2. The van der Waals surface area contributed by atoms with Crippen LogP contribution in [0.1, 0.15) is 37.8 Å². The molecule has 1 fully saturated rings. The van der Waals surface area contributed by atoms with Crippen molar-refractivity contribution in [3.63, 3.8) is 0 Å². The van der Waals surface area contributed by atoms with Crippen molar-refractivity contribution in [3.8, 4) is 5.75 Å². The zero-order chi connectivity index (χ0) is 20.0. The lowest BCUT2D eigenvalue weighted by Gasteiger charge is -2.21. The molecule has 1 aromatic heterocycles. The number of ether oxygens (including phenoxy) is 1. The Morgan fingerprint density at radius 3 is 2.54 bits per heavy atom. The van der Waals surface area contributed by atoms with Crippen LogP contribution < -0.4 is 15.4 Å². The number of nitrogens with zero attached hydrogens (tertiary/aromatic N) is 2. The fraction of sp³-hybridized carbons (Fsp3) is 0.421. The Morgan fingerprint density at radius 2 is 1.86 bits per heavy atom. The molecule has 9 heteroatoms. The van der Waals surface area contributed by atoms with Gasteiger partial charge in [0.25, 0.3) is 0 Å². The summed E-state index contributed by atoms with van der Waals surface area (Å²) in [6.45, 7) is 0.384. The van der Waals surface area contributed by atoms with E-state index in [0.717, 1.165) is 31.9 Å². The van der Waals surface area contributed by atoms with Crippen LogP contribution in [0.25, 0.3) is 0 Å². The highest BCUT2D eigenvalue weighted by Gasteiger charge is 2.38. The topological polar surface area (TPSA) is 76.1 Å². The number of halogens is 3. The maximum Gasteiger partial charge on any atom is 0.437 e. The van der Waals surface area contributed by atoms with Crippen LogP contribution in [0.2, 0.25) is 0 Å². The van der Waals surface area contributed by atoms with Gasteiger partial charge in [-0.3, -0.25) is 0 Å². The highest BCUT2D eigenvalue weighted by Crippen LogP contribution is 2.35. The van der Waals surface area contributed by atoms with Gasteiger partial charge < -0.3 is 15.4 Å². The second kappa shape index (κ2) is 8.90. The summed E-state index contributed by atoms with van der Waals surface area (Å²) in [5.74, 6) is -0.641. The molecule has 6 nitrogen and oxygen atoms in total. The number of para-hydroxylation sites is 1. The van der Waals surface area contributed by atoms with E-state index >= 15 is 0 Å². The molecule has 1 aromatic carbocycles. The highest BCUT2D eigenvalue weighted by atomic mass is 19.4. The summed E-state index contributed by atoms with van der Waals surface area (Å²) < 4.78 is 44.9. The van der Waals surface area contributed by atoms with Crippen molar-refractivity contribution in [1.29, 1.82) is 0 Å². The van der Waals surface area contributed by atoms with Crippen LogP contribution in [0.15, 0.2) is 36.5 Å². The van der Waals surface area contributed by atoms with Gasteiger partial charge in [0.05, 0.1) is 6.20 Å². The summed E-state index contributed by atoms with van der Waals surface area (Å²) in [5.41, 5.74) is -0.775. The summed E-state index contributed by atoms with van der Waals surface area (Å²) in [6, 6.07) is 8.55. The van der Waals surface area contributed by atoms with Crippen molar-refractivity contribution in [1.82, 2.24) is 15.3 Å². The quantitative estimate of drug-likeness (QED) is 0.754. The summed E-state index contributed by atoms with van der Waals surface area (Å²) in [7, 11) is 0. The number of hydrogen-bond donors (Lipinski definition) is 2. The molecule has 0 unspecified atom stereocenters. The normalized spacial score (nSPS) is 15.1. The Labute approximate surface area is 160 Å². The van der Waals surface area contributed by atoms with Crippen LogP contribution in [0.4, 0.5) is 29.6 Å². The van der Waals surface area contributed by atoms with Gasteiger partial charge in [0.15, 0.2) is 11.4 Å². The molecule has 0 atom stereocenters. The third-order valence-corrected chi connectivity index (χ3v) is 4.52. The minimum absolute atomic E-state index is 0.242. The predicted molar refractivity (Wildman–Crippen MR) is 97.4 cm³/mol. The molecule has 1 aliphatic carbocycles. The molecule has 2 N–H and O–H groups in total. The van der Waals surface area contributed by atoms with Crippen LogP contribution in [0.3, 0.4) is 0 Å². The van der Waals surface area contributed by atoms with Gasteiger partial charge in [0, 0.05) is 12.2 Å². The van der Waals surface area contributed by atoms with E-state index < -0.39 is 23.7 Å². The van der Waals surface area contributed by atoms with Gasteiger partial charge in [-0.05, 0) is 30.9 Å². The number of amides is 1. The first-order valence-corrected chi connectivity index (χ1v) is 9.14. The molecule has 2 aromatic rings. The second-order valence-corrected chi connectivity index (χ2v) is 6.67. The van der Waals surface area contributed by atoms with Gasteiger partial charge in [0.1, 0.15) is 0 Å². The monoisotopic (exact) mass is 394 g/mol. The van der Waals surface area contributed by atoms with E-state index in [2.05, 4.69) is 20.6 Å². The molecule has 0 saturated heterocycles. The maximum absolute atomic E-state index is 13.4. The number of aromatic nitrogens is 2. The number of hydrogen-bond acceptors (Lipinski definition) is 5. The zero-order valence-corrected chi connectivity index (χ0v) is 15.1. The lowest BCUT2D eigenvalue weighted by molar-refractivity contribution is -0.142. The summed E-state index contributed by atoms with van der Waals surface area (Å²) in [4.78, 5) is 19.3. The molecule has 1 aliphatic rings. The molecule has 150 valence electrons. The summed E-state index contributed by atoms with van der Waals surface area (Å²) >= 11 is 0. The fourth-order valence-corrected chi connectivity index (χ4v) is 3.11. The van der Waals surface area contributed by atoms with Crippen molar-refractivity contribution in [2.24, 2.45) is 5.92 Å². The number of alkyl halides is 3. The van der Waals surface area contributed by atoms with Crippen molar-refractivity contribution < 1.29 is 22.7 Å². The van der Waals surface area contributed by atoms with Crippen molar-refractivity contribution in [2.75, 3.05) is 11.9 Å². The van der Waals surface area contributed by atoms with Crippen molar-refractivity contribution in [2.45, 2.75) is 38.3 Å². The van der Waals surface area contributed by atoms with Crippen LogP contribution in [-0.2, 0) is 6.18 Å². The van der Waals surface area contributed by atoms with Crippen molar-refractivity contribution in [3.05, 3.63) is 42.2 Å². The standard InChI is InChI=1S/C19H21F3N4O2/c20-19(21,22)16-15(28-18(27)24-11-13-7-3-1-4-8-13)12-23-17(26-16)25-14-9-5-2-6-10-14/h2,5-6,9-10,12-13H,1,3-4,7-8,11H2,(H,24,27)(H,23,25,26). The fourth-order valence-electron chi connectivity index (χ4n) is 3.11. The molecule has 28 heavy (non-hydrogen) atoms. The average Bonchev–Trinajstić information content (AvgIpc) is 2.68. The largest absolute Gasteiger partial charge is 0.437 e. The molecular weight excluding hydrogens is 373 g/mol. The van der Waals surface area contributed by atoms with Gasteiger partial charge in [-0.1, -0.05) is 37.5 Å². The first-order valence-electron chi connectivity index (χ1n) is 9.14. The predicted octanol–water partition coefficient (Wildman–Crippen LogP) is 4.91. The maximum atomic E-state index is 13.4. The molecule has 1 saturated carbocycles. The number of carbonyl (C=O) groups excluding carboxylic acids is 1. The highest BCUT2D eigenvalue weighted by molar-refractivity contribution is 5.70. The van der Waals surface area contributed by atoms with Crippen LogP contribution in [-0.4, -0.2) is 22.6 Å². The third-order valence-electron chi connectivity index (χ3n) is 4.52. The Morgan fingerprint density at radius 1 is 1.14 bits per heavy atom. The van der Waals surface area contributed by atoms with E-state index in [4.69, 9.17) is 4.74 Å². The second-order valence-electron chi connectivity index (χ2n) is 6.67. The van der Waals surface area contributed by atoms with Gasteiger partial charge in [-0.15, -0.1) is 0 Å². The van der Waals surface area contributed by atoms with E-state index in [9.17, 15) is 18.0 Å². The lowest BCUT2D eigenvalue weighted by Crippen LogP contribution is -2.33. The van der Waals surface area contributed by atoms with E-state index in [1.165, 1.54) is 6.42 Å². The van der Waals surface area contributed by atoms with Gasteiger partial charge >= 0.3 is 12.3 Å². The molecule has 0 aliphatic heterocycles. The molecule has 0 radical (unpaired) electrons. The number of rotatable bonds is 5. The van der Waals surface area contributed by atoms with E-state index in [1.54, 1.807) is 30.3 Å². The first-order chi connectivity index (χ1) is 13.4. The van der Waals surface area contributed by atoms with E-state index in [-0.39, 0.29) is 5.95 Å². The number of anilines is 2. The minimum Gasteiger partial charge on any atom is -0.406 e. The van der Waals surface area contributed by atoms with Gasteiger partial charge in [-0.2, -0.15) is 13.2 Å². The first kappa shape index (κ1) is 19.9. The van der Waals surface area contributed by atoms with Gasteiger partial charge in [0.2, 0.25) is 5.95 Å². The minimum atomic E-state index is -4.80. The Balaban J connectivity index is 1.68. The molecule has 1 amide bonds. The van der Waals surface area contributed by atoms with Crippen LogP contribution in [0, 0.1) is 5.92 Å². The molecule has 3 rings (SSSR count). The third kappa shape index (κ3) is 5.58.